The van der Waals surface area contributed by atoms with Crippen molar-refractivity contribution in [1.82, 2.24) is 9.97 Å². The molecule has 3 nitrogen and oxygen atoms in total. The Labute approximate surface area is 136 Å². The summed E-state index contributed by atoms with van der Waals surface area (Å²) in [5.74, 6) is 0.776. The summed E-state index contributed by atoms with van der Waals surface area (Å²) in [6.07, 6.45) is 1.67. The summed E-state index contributed by atoms with van der Waals surface area (Å²) in [7, 11) is 0. The van der Waals surface area contributed by atoms with Gasteiger partial charge >= 0.3 is 0 Å². The standard InChI is InChI=1S/C15H12ClN3S2/c16-13-4-2-1-3-12(13)15-19-11(9-21-15)8-20-14-6-5-10(17)7-18-14/h1-7,9H,8,17H2. The molecule has 0 aliphatic rings. The molecular formula is C15H12ClN3S2. The molecule has 0 atom stereocenters. The molecule has 0 saturated heterocycles. The van der Waals surface area contributed by atoms with Crippen LogP contribution in [0.1, 0.15) is 5.69 Å². The highest BCUT2D eigenvalue weighted by Crippen LogP contribution is 2.31. The molecule has 6 heteroatoms. The van der Waals surface area contributed by atoms with Crippen LogP contribution < -0.4 is 5.73 Å². The van der Waals surface area contributed by atoms with Gasteiger partial charge in [0, 0.05) is 16.7 Å². The van der Waals surface area contributed by atoms with Crippen molar-refractivity contribution in [2.24, 2.45) is 0 Å². The minimum absolute atomic E-state index is 0.675. The van der Waals surface area contributed by atoms with Crippen LogP contribution in [0.5, 0.6) is 0 Å². The maximum atomic E-state index is 6.20. The van der Waals surface area contributed by atoms with Crippen LogP contribution in [0.4, 0.5) is 5.69 Å². The molecular weight excluding hydrogens is 322 g/mol. The second-order valence-corrected chi connectivity index (χ2v) is 6.60. The Morgan fingerprint density at radius 3 is 2.81 bits per heavy atom. The van der Waals surface area contributed by atoms with E-state index in [9.17, 15) is 0 Å². The van der Waals surface area contributed by atoms with E-state index in [1.165, 1.54) is 0 Å². The van der Waals surface area contributed by atoms with E-state index in [0.29, 0.717) is 5.69 Å². The largest absolute Gasteiger partial charge is 0.397 e. The Balaban J connectivity index is 1.71. The summed E-state index contributed by atoms with van der Waals surface area (Å²) in [6.45, 7) is 0. The lowest BCUT2D eigenvalue weighted by molar-refractivity contribution is 1.13. The van der Waals surface area contributed by atoms with Gasteiger partial charge in [-0.15, -0.1) is 23.1 Å². The number of hydrogen-bond donors (Lipinski definition) is 1. The monoisotopic (exact) mass is 333 g/mol. The highest BCUT2D eigenvalue weighted by atomic mass is 35.5. The molecule has 0 aliphatic carbocycles. The highest BCUT2D eigenvalue weighted by molar-refractivity contribution is 7.98. The van der Waals surface area contributed by atoms with Crippen molar-refractivity contribution in [2.75, 3.05) is 5.73 Å². The van der Waals surface area contributed by atoms with Crippen LogP contribution in [0.2, 0.25) is 5.02 Å². The predicted octanol–water partition coefficient (Wildman–Crippen LogP) is 4.73. The smallest absolute Gasteiger partial charge is 0.125 e. The van der Waals surface area contributed by atoms with Gasteiger partial charge in [0.15, 0.2) is 0 Å². The van der Waals surface area contributed by atoms with E-state index in [0.717, 1.165) is 32.1 Å². The number of rotatable bonds is 4. The molecule has 0 bridgehead atoms. The average molecular weight is 334 g/mol. The molecule has 0 amide bonds. The quantitative estimate of drug-likeness (QED) is 0.701. The summed E-state index contributed by atoms with van der Waals surface area (Å²) in [4.78, 5) is 8.90. The van der Waals surface area contributed by atoms with Crippen molar-refractivity contribution in [1.29, 1.82) is 0 Å². The van der Waals surface area contributed by atoms with Gasteiger partial charge in [-0.3, -0.25) is 0 Å². The Hall–Kier alpha value is -1.56. The minimum Gasteiger partial charge on any atom is -0.397 e. The maximum absolute atomic E-state index is 6.20. The summed E-state index contributed by atoms with van der Waals surface area (Å²) in [5, 5.41) is 4.67. The van der Waals surface area contributed by atoms with E-state index in [-0.39, 0.29) is 0 Å². The van der Waals surface area contributed by atoms with Crippen LogP contribution in [0.15, 0.2) is 53.0 Å². The van der Waals surface area contributed by atoms with Crippen LogP contribution in [0.3, 0.4) is 0 Å². The third-order valence-corrected chi connectivity index (χ3v) is 5.01. The number of nitrogens with two attached hydrogens (primary N) is 1. The summed E-state index contributed by atoms with van der Waals surface area (Å²) in [6, 6.07) is 11.5. The van der Waals surface area contributed by atoms with Crippen molar-refractivity contribution < 1.29 is 0 Å². The summed E-state index contributed by atoms with van der Waals surface area (Å²) in [5.41, 5.74) is 8.30. The number of hydrogen-bond acceptors (Lipinski definition) is 5. The molecule has 0 fully saturated rings. The molecule has 0 unspecified atom stereocenters. The Bertz CT molecular complexity index is 741. The van der Waals surface area contributed by atoms with Gasteiger partial charge < -0.3 is 5.73 Å². The molecule has 2 heterocycles. The number of nitrogens with zero attached hydrogens (tertiary/aromatic N) is 2. The molecule has 2 aromatic heterocycles. The first-order chi connectivity index (χ1) is 10.2. The van der Waals surface area contributed by atoms with Crippen molar-refractivity contribution in [3.63, 3.8) is 0 Å². The van der Waals surface area contributed by atoms with Gasteiger partial charge in [-0.25, -0.2) is 9.97 Å². The second-order valence-electron chi connectivity index (χ2n) is 4.34. The minimum atomic E-state index is 0.675. The van der Waals surface area contributed by atoms with E-state index >= 15 is 0 Å². The van der Waals surface area contributed by atoms with Crippen molar-refractivity contribution in [3.05, 3.63) is 58.7 Å². The van der Waals surface area contributed by atoms with E-state index < -0.39 is 0 Å². The first kappa shape index (κ1) is 14.4. The zero-order chi connectivity index (χ0) is 14.7. The summed E-state index contributed by atoms with van der Waals surface area (Å²) < 4.78 is 0. The molecule has 1 aromatic carbocycles. The number of halogens is 1. The normalized spacial score (nSPS) is 10.7. The zero-order valence-electron chi connectivity index (χ0n) is 11.0. The first-order valence-corrected chi connectivity index (χ1v) is 8.50. The summed E-state index contributed by atoms with van der Waals surface area (Å²) >= 11 is 9.44. The average Bonchev–Trinajstić information content (AvgIpc) is 2.96. The lowest BCUT2D eigenvalue weighted by Gasteiger charge is -2.00. The lowest BCUT2D eigenvalue weighted by Crippen LogP contribution is -1.87. The molecule has 0 spiro atoms. The number of aromatic nitrogens is 2. The van der Waals surface area contributed by atoms with Gasteiger partial charge in [0.1, 0.15) is 5.01 Å². The van der Waals surface area contributed by atoms with E-state index in [1.54, 1.807) is 29.3 Å². The van der Waals surface area contributed by atoms with Crippen molar-refractivity contribution >= 4 is 40.4 Å². The first-order valence-electron chi connectivity index (χ1n) is 6.26. The molecule has 106 valence electrons. The SMILES string of the molecule is Nc1ccc(SCc2csc(-c3ccccc3Cl)n2)nc1. The van der Waals surface area contributed by atoms with Gasteiger partial charge in [-0.05, 0) is 18.2 Å². The topological polar surface area (TPSA) is 51.8 Å². The number of benzene rings is 1. The zero-order valence-corrected chi connectivity index (χ0v) is 13.4. The molecule has 2 N–H and O–H groups in total. The van der Waals surface area contributed by atoms with E-state index in [4.69, 9.17) is 17.3 Å². The van der Waals surface area contributed by atoms with Gasteiger partial charge in [0.25, 0.3) is 0 Å². The number of thioether (sulfide) groups is 1. The molecule has 3 rings (SSSR count). The van der Waals surface area contributed by atoms with Crippen molar-refractivity contribution in [2.45, 2.75) is 10.8 Å². The maximum Gasteiger partial charge on any atom is 0.125 e. The molecule has 3 aromatic rings. The van der Waals surface area contributed by atoms with Gasteiger partial charge in [0.2, 0.25) is 0 Å². The molecule has 0 radical (unpaired) electrons. The molecule has 0 aliphatic heterocycles. The van der Waals surface area contributed by atoms with Crippen LogP contribution in [0.25, 0.3) is 10.6 Å². The number of anilines is 1. The van der Waals surface area contributed by atoms with Gasteiger partial charge in [-0.1, -0.05) is 29.8 Å². The van der Waals surface area contributed by atoms with E-state index in [1.807, 2.05) is 36.4 Å². The molecule has 21 heavy (non-hydrogen) atoms. The second kappa shape index (κ2) is 6.47. The van der Waals surface area contributed by atoms with Crippen LogP contribution >= 0.6 is 34.7 Å². The van der Waals surface area contributed by atoms with Gasteiger partial charge in [0.05, 0.1) is 27.6 Å². The fraction of sp³-hybridized carbons (Fsp3) is 0.0667. The molecule has 0 saturated carbocycles. The number of nitrogen functional groups attached to an aromatic ring is 1. The highest BCUT2D eigenvalue weighted by Gasteiger charge is 2.08. The Kier molecular flexibility index (Phi) is 4.43. The third-order valence-electron chi connectivity index (χ3n) is 2.78. The fourth-order valence-electron chi connectivity index (χ4n) is 1.76. The number of pyridine rings is 1. The lowest BCUT2D eigenvalue weighted by atomic mass is 10.2. The van der Waals surface area contributed by atoms with Crippen molar-refractivity contribution in [3.8, 4) is 10.6 Å². The fourth-order valence-corrected chi connectivity index (χ4v) is 3.74. The Morgan fingerprint density at radius 1 is 1.19 bits per heavy atom. The Morgan fingerprint density at radius 2 is 2.05 bits per heavy atom. The van der Waals surface area contributed by atoms with Crippen LogP contribution in [0, 0.1) is 0 Å². The predicted molar refractivity (Wildman–Crippen MR) is 90.8 cm³/mol. The van der Waals surface area contributed by atoms with Crippen LogP contribution in [-0.2, 0) is 5.75 Å². The van der Waals surface area contributed by atoms with Crippen LogP contribution in [-0.4, -0.2) is 9.97 Å². The third kappa shape index (κ3) is 3.56. The number of thiazole rings is 1. The van der Waals surface area contributed by atoms with E-state index in [2.05, 4.69) is 15.3 Å². The van der Waals surface area contributed by atoms with Gasteiger partial charge in [-0.2, -0.15) is 0 Å².